The SMILES string of the molecule is COC(=O)CCC[C@H](O)[C@H](O)/C=C/C=C/C#Cc1ccc(CO)cc1. The average Bonchev–Trinajstić information content (AvgIpc) is 2.64. The van der Waals surface area contributed by atoms with Crippen LogP contribution in [0.15, 0.2) is 48.6 Å². The van der Waals surface area contributed by atoms with E-state index in [1.54, 1.807) is 18.2 Å². The molecule has 1 aromatic carbocycles. The van der Waals surface area contributed by atoms with E-state index < -0.39 is 12.2 Å². The van der Waals surface area contributed by atoms with E-state index in [1.165, 1.54) is 13.2 Å². The molecule has 0 aliphatic heterocycles. The number of carbonyl (C=O) groups is 1. The summed E-state index contributed by atoms with van der Waals surface area (Å²) in [4.78, 5) is 11.0. The quantitative estimate of drug-likeness (QED) is 0.380. The topological polar surface area (TPSA) is 87.0 Å². The van der Waals surface area contributed by atoms with Gasteiger partial charge in [0, 0.05) is 12.0 Å². The number of aliphatic hydroxyl groups excluding tert-OH is 3. The molecule has 0 aromatic heterocycles. The van der Waals surface area contributed by atoms with Crippen LogP contribution in [-0.4, -0.2) is 40.6 Å². The molecule has 0 heterocycles. The van der Waals surface area contributed by atoms with Crippen LogP contribution in [0.25, 0.3) is 0 Å². The Bertz CT molecular complexity index is 634. The van der Waals surface area contributed by atoms with Crippen molar-refractivity contribution in [2.24, 2.45) is 0 Å². The van der Waals surface area contributed by atoms with E-state index in [-0.39, 0.29) is 19.0 Å². The molecule has 0 aliphatic rings. The van der Waals surface area contributed by atoms with Crippen LogP contribution < -0.4 is 0 Å². The van der Waals surface area contributed by atoms with Crippen molar-refractivity contribution in [3.8, 4) is 11.8 Å². The Morgan fingerprint density at radius 1 is 1.24 bits per heavy atom. The van der Waals surface area contributed by atoms with Crippen molar-refractivity contribution in [2.75, 3.05) is 7.11 Å². The third kappa shape index (κ3) is 8.87. The zero-order chi connectivity index (χ0) is 18.5. The van der Waals surface area contributed by atoms with Crippen molar-refractivity contribution in [3.05, 3.63) is 59.7 Å². The second-order valence-corrected chi connectivity index (χ2v) is 5.39. The molecule has 0 saturated heterocycles. The number of allylic oxidation sites excluding steroid dienone is 3. The summed E-state index contributed by atoms with van der Waals surface area (Å²) in [7, 11) is 1.32. The highest BCUT2D eigenvalue weighted by atomic mass is 16.5. The van der Waals surface area contributed by atoms with Crippen molar-refractivity contribution >= 4 is 5.97 Å². The minimum Gasteiger partial charge on any atom is -0.469 e. The highest BCUT2D eigenvalue weighted by Crippen LogP contribution is 2.07. The lowest BCUT2D eigenvalue weighted by Crippen LogP contribution is -2.23. The van der Waals surface area contributed by atoms with E-state index in [4.69, 9.17) is 5.11 Å². The first kappa shape index (κ1) is 20.7. The highest BCUT2D eigenvalue weighted by Gasteiger charge is 2.13. The van der Waals surface area contributed by atoms with Crippen molar-refractivity contribution < 1.29 is 24.9 Å². The minimum atomic E-state index is -0.999. The van der Waals surface area contributed by atoms with Gasteiger partial charge in [-0.15, -0.1) is 0 Å². The standard InChI is InChI=1S/C20H24O5/c1-25-20(24)10-6-9-19(23)18(22)8-5-3-2-4-7-16-11-13-17(15-21)14-12-16/h2-3,5,8,11-14,18-19,21-23H,6,9-10,15H2,1H3/b3-2+,8-5+/t18-,19+/m1/s1. The predicted molar refractivity (Wildman–Crippen MR) is 95.4 cm³/mol. The molecule has 0 saturated carbocycles. The van der Waals surface area contributed by atoms with E-state index in [1.807, 2.05) is 24.3 Å². The molecular formula is C20H24O5. The van der Waals surface area contributed by atoms with E-state index in [0.717, 1.165) is 11.1 Å². The lowest BCUT2D eigenvalue weighted by molar-refractivity contribution is -0.140. The van der Waals surface area contributed by atoms with Gasteiger partial charge in [0.05, 0.1) is 25.9 Å². The maximum Gasteiger partial charge on any atom is 0.305 e. The Kier molecular flexibility index (Phi) is 9.95. The monoisotopic (exact) mass is 344 g/mol. The van der Waals surface area contributed by atoms with Gasteiger partial charge in [-0.25, -0.2) is 0 Å². The fourth-order valence-electron chi connectivity index (χ4n) is 1.96. The summed E-state index contributed by atoms with van der Waals surface area (Å²) in [6, 6.07) is 7.28. The van der Waals surface area contributed by atoms with Crippen LogP contribution in [0.2, 0.25) is 0 Å². The average molecular weight is 344 g/mol. The van der Waals surface area contributed by atoms with E-state index in [0.29, 0.717) is 12.8 Å². The molecule has 1 rings (SSSR count). The van der Waals surface area contributed by atoms with Gasteiger partial charge in [0.25, 0.3) is 0 Å². The van der Waals surface area contributed by atoms with Gasteiger partial charge >= 0.3 is 5.97 Å². The fraction of sp³-hybridized carbons (Fsp3) is 0.350. The van der Waals surface area contributed by atoms with Crippen LogP contribution in [0.1, 0.15) is 30.4 Å². The number of rotatable bonds is 8. The second kappa shape index (κ2) is 12.0. The zero-order valence-electron chi connectivity index (χ0n) is 14.3. The summed E-state index contributed by atoms with van der Waals surface area (Å²) in [5.41, 5.74) is 1.68. The summed E-state index contributed by atoms with van der Waals surface area (Å²) in [5, 5.41) is 28.5. The van der Waals surface area contributed by atoms with Gasteiger partial charge < -0.3 is 20.1 Å². The summed E-state index contributed by atoms with van der Waals surface area (Å²) >= 11 is 0. The maximum atomic E-state index is 11.0. The Morgan fingerprint density at radius 2 is 1.96 bits per heavy atom. The van der Waals surface area contributed by atoms with Gasteiger partial charge in [-0.3, -0.25) is 4.79 Å². The number of ether oxygens (including phenoxy) is 1. The third-order valence-corrected chi connectivity index (χ3v) is 3.45. The van der Waals surface area contributed by atoms with Crippen molar-refractivity contribution in [1.82, 2.24) is 0 Å². The number of methoxy groups -OCH3 is 1. The maximum absolute atomic E-state index is 11.0. The Morgan fingerprint density at radius 3 is 2.60 bits per heavy atom. The molecule has 0 spiro atoms. The van der Waals surface area contributed by atoms with Gasteiger partial charge in [0.2, 0.25) is 0 Å². The van der Waals surface area contributed by atoms with Gasteiger partial charge in [-0.1, -0.05) is 42.2 Å². The molecule has 0 unspecified atom stereocenters. The molecule has 5 heteroatoms. The Hall–Kier alpha value is -2.39. The molecule has 3 N–H and O–H groups in total. The van der Waals surface area contributed by atoms with E-state index >= 15 is 0 Å². The van der Waals surface area contributed by atoms with Crippen molar-refractivity contribution in [1.29, 1.82) is 0 Å². The lowest BCUT2D eigenvalue weighted by Gasteiger charge is -2.13. The molecular weight excluding hydrogens is 320 g/mol. The first-order valence-electron chi connectivity index (χ1n) is 8.04. The minimum absolute atomic E-state index is 0.00920. The van der Waals surface area contributed by atoms with Crippen LogP contribution in [0.5, 0.6) is 0 Å². The first-order chi connectivity index (χ1) is 12.1. The molecule has 0 bridgehead atoms. The number of hydrogen-bond donors (Lipinski definition) is 3. The number of esters is 1. The van der Waals surface area contributed by atoms with Crippen molar-refractivity contribution in [3.63, 3.8) is 0 Å². The Balaban J connectivity index is 2.36. The van der Waals surface area contributed by atoms with Crippen LogP contribution in [-0.2, 0) is 16.1 Å². The lowest BCUT2D eigenvalue weighted by atomic mass is 10.1. The fourth-order valence-corrected chi connectivity index (χ4v) is 1.96. The number of benzene rings is 1. The number of carbonyl (C=O) groups excluding carboxylic acids is 1. The van der Waals surface area contributed by atoms with Crippen molar-refractivity contribution in [2.45, 2.75) is 38.1 Å². The van der Waals surface area contributed by atoms with E-state index in [2.05, 4.69) is 16.6 Å². The van der Waals surface area contributed by atoms with Crippen LogP contribution in [0.4, 0.5) is 0 Å². The second-order valence-electron chi connectivity index (χ2n) is 5.39. The Labute approximate surface area is 148 Å². The number of hydrogen-bond acceptors (Lipinski definition) is 5. The van der Waals surface area contributed by atoms with Gasteiger partial charge in [0.1, 0.15) is 0 Å². The number of aliphatic hydroxyl groups is 3. The molecule has 2 atom stereocenters. The first-order valence-corrected chi connectivity index (χ1v) is 8.04. The smallest absolute Gasteiger partial charge is 0.305 e. The molecule has 0 aliphatic carbocycles. The van der Waals surface area contributed by atoms with Gasteiger partial charge in [-0.2, -0.15) is 0 Å². The summed E-state index contributed by atoms with van der Waals surface area (Å²) in [6.45, 7) is 0.00920. The molecule has 25 heavy (non-hydrogen) atoms. The molecule has 0 amide bonds. The van der Waals surface area contributed by atoms with Crippen LogP contribution in [0.3, 0.4) is 0 Å². The molecule has 5 nitrogen and oxygen atoms in total. The van der Waals surface area contributed by atoms with Gasteiger partial charge in [-0.05, 0) is 36.6 Å². The summed E-state index contributed by atoms with van der Waals surface area (Å²) < 4.78 is 4.51. The van der Waals surface area contributed by atoms with Crippen LogP contribution in [0, 0.1) is 11.8 Å². The zero-order valence-corrected chi connectivity index (χ0v) is 14.3. The molecule has 134 valence electrons. The normalized spacial score (nSPS) is 13.4. The highest BCUT2D eigenvalue weighted by molar-refractivity contribution is 5.68. The summed E-state index contributed by atoms with van der Waals surface area (Å²) in [5.74, 6) is 5.47. The molecule has 0 radical (unpaired) electrons. The third-order valence-electron chi connectivity index (χ3n) is 3.45. The van der Waals surface area contributed by atoms with Gasteiger partial charge in [0.15, 0.2) is 0 Å². The largest absolute Gasteiger partial charge is 0.469 e. The predicted octanol–water partition coefficient (Wildman–Crippen LogP) is 1.71. The summed E-state index contributed by atoms with van der Waals surface area (Å²) in [6.07, 6.45) is 5.44. The molecule has 0 fully saturated rings. The molecule has 1 aromatic rings. The van der Waals surface area contributed by atoms with E-state index in [9.17, 15) is 15.0 Å². The van der Waals surface area contributed by atoms with Crippen LogP contribution >= 0.6 is 0 Å².